The van der Waals surface area contributed by atoms with Crippen LogP contribution in [0.2, 0.25) is 0 Å². The number of fused-ring (bicyclic) bond motifs is 1. The van der Waals surface area contributed by atoms with Crippen LogP contribution in [0.5, 0.6) is 11.5 Å². The third kappa shape index (κ3) is 3.17. The van der Waals surface area contributed by atoms with Gasteiger partial charge >= 0.3 is 0 Å². The van der Waals surface area contributed by atoms with Crippen molar-refractivity contribution < 1.29 is 28.5 Å². The molecule has 6 heteroatoms. The highest BCUT2D eigenvalue weighted by molar-refractivity contribution is 6.07. The Hall–Kier alpha value is -2.86. The summed E-state index contributed by atoms with van der Waals surface area (Å²) in [5.74, 6) is 0.438. The summed E-state index contributed by atoms with van der Waals surface area (Å²) in [6, 6.07) is 5.05. The van der Waals surface area contributed by atoms with Crippen LogP contribution in [0, 0.1) is 5.92 Å². The number of benzene rings is 1. The Morgan fingerprint density at radius 1 is 1.33 bits per heavy atom. The van der Waals surface area contributed by atoms with E-state index in [1.165, 1.54) is 20.3 Å². The molecule has 1 heterocycles. The van der Waals surface area contributed by atoms with E-state index in [1.54, 1.807) is 37.3 Å². The van der Waals surface area contributed by atoms with Crippen molar-refractivity contribution >= 4 is 11.6 Å². The van der Waals surface area contributed by atoms with Crippen LogP contribution >= 0.6 is 0 Å². The van der Waals surface area contributed by atoms with E-state index in [-0.39, 0.29) is 18.4 Å². The highest BCUT2D eigenvalue weighted by Gasteiger charge is 2.46. The van der Waals surface area contributed by atoms with Crippen LogP contribution in [-0.2, 0) is 14.3 Å². The molecule has 1 aromatic carbocycles. The predicted molar refractivity (Wildman–Crippen MR) is 98.8 cm³/mol. The van der Waals surface area contributed by atoms with Crippen molar-refractivity contribution in [2.45, 2.75) is 18.9 Å². The van der Waals surface area contributed by atoms with Gasteiger partial charge in [-0.25, -0.2) is 0 Å². The minimum Gasteiger partial charge on any atom is -0.497 e. The van der Waals surface area contributed by atoms with Crippen molar-refractivity contribution in [2.24, 2.45) is 5.92 Å². The zero-order valence-corrected chi connectivity index (χ0v) is 15.6. The smallest absolute Gasteiger partial charge is 0.231 e. The Morgan fingerprint density at radius 2 is 2.07 bits per heavy atom. The lowest BCUT2D eigenvalue weighted by Gasteiger charge is -2.38. The maximum Gasteiger partial charge on any atom is 0.231 e. The van der Waals surface area contributed by atoms with E-state index >= 15 is 0 Å². The number of carbonyl (C=O) groups is 2. The van der Waals surface area contributed by atoms with Crippen molar-refractivity contribution in [3.63, 3.8) is 0 Å². The number of ketones is 2. The topological polar surface area (TPSA) is 71.1 Å². The summed E-state index contributed by atoms with van der Waals surface area (Å²) in [5, 5.41) is 0. The van der Waals surface area contributed by atoms with Crippen molar-refractivity contribution in [2.75, 3.05) is 21.0 Å². The maximum absolute atomic E-state index is 13.2. The zero-order chi connectivity index (χ0) is 19.6. The maximum atomic E-state index is 13.2. The number of Topliss-reactive ketones (excluding diaryl/α,β-unsaturated/α-hetero) is 1. The first-order valence-electron chi connectivity index (χ1n) is 8.59. The number of carbonyl (C=O) groups excluding carboxylic acids is 2. The van der Waals surface area contributed by atoms with Gasteiger partial charge in [-0.05, 0) is 30.7 Å². The number of ether oxygens (including phenoxy) is 4. The van der Waals surface area contributed by atoms with Crippen LogP contribution in [0.1, 0.15) is 23.7 Å². The lowest BCUT2D eigenvalue weighted by molar-refractivity contribution is -0.112. The summed E-state index contributed by atoms with van der Waals surface area (Å²) in [7, 11) is 2.95. The molecule has 6 nitrogen and oxygen atoms in total. The Labute approximate surface area is 158 Å². The van der Waals surface area contributed by atoms with Gasteiger partial charge in [0.05, 0.1) is 13.0 Å². The van der Waals surface area contributed by atoms with Gasteiger partial charge in [-0.15, -0.1) is 6.58 Å². The zero-order valence-electron chi connectivity index (χ0n) is 15.6. The fraction of sp³-hybridized carbons (Fsp3) is 0.333. The quantitative estimate of drug-likeness (QED) is 0.542. The first kappa shape index (κ1) is 18.9. The van der Waals surface area contributed by atoms with Gasteiger partial charge in [0.2, 0.25) is 6.79 Å². The fourth-order valence-electron chi connectivity index (χ4n) is 3.43. The molecule has 0 N–H and O–H groups in total. The van der Waals surface area contributed by atoms with Gasteiger partial charge in [-0.1, -0.05) is 13.0 Å². The second-order valence-electron chi connectivity index (χ2n) is 6.39. The van der Waals surface area contributed by atoms with Gasteiger partial charge in [-0.3, -0.25) is 9.59 Å². The minimum absolute atomic E-state index is 0.136. The molecule has 1 aliphatic heterocycles. The number of hydrogen-bond donors (Lipinski definition) is 0. The molecule has 0 saturated carbocycles. The van der Waals surface area contributed by atoms with Crippen LogP contribution in [0.15, 0.2) is 54.3 Å². The summed E-state index contributed by atoms with van der Waals surface area (Å²) in [6.07, 6.45) is 5.07. The SMILES string of the molecule is C=CCC1=C[C@@](OC)([C@@H](C)C(=O)c2ccc3c(c2)OCO3)C(OC)=CC1=O. The molecule has 0 unspecified atom stereocenters. The minimum atomic E-state index is -1.19. The van der Waals surface area contributed by atoms with E-state index < -0.39 is 11.5 Å². The molecule has 0 fully saturated rings. The lowest BCUT2D eigenvalue weighted by Crippen LogP contribution is -2.45. The van der Waals surface area contributed by atoms with Crippen LogP contribution in [0.25, 0.3) is 0 Å². The van der Waals surface area contributed by atoms with Crippen molar-refractivity contribution in [1.82, 2.24) is 0 Å². The standard InChI is InChI=1S/C21H22O6/c1-5-6-15-11-21(25-4,19(24-3)10-16(15)22)13(2)20(23)14-7-8-17-18(9-14)27-12-26-17/h5,7-11,13H,1,6,12H2,2-4H3/t13-,21+/m0/s1. The van der Waals surface area contributed by atoms with Crippen molar-refractivity contribution in [3.8, 4) is 11.5 Å². The first-order valence-corrected chi connectivity index (χ1v) is 8.59. The largest absolute Gasteiger partial charge is 0.497 e. The first-order chi connectivity index (χ1) is 13.0. The number of allylic oxidation sites excluding steroid dienone is 3. The molecule has 1 aliphatic carbocycles. The molecule has 0 amide bonds. The second kappa shape index (κ2) is 7.40. The predicted octanol–water partition coefficient (Wildman–Crippen LogP) is 3.23. The molecule has 2 aliphatic rings. The second-order valence-corrected chi connectivity index (χ2v) is 6.39. The molecular formula is C21H22O6. The van der Waals surface area contributed by atoms with E-state index in [0.29, 0.717) is 34.8 Å². The number of hydrogen-bond acceptors (Lipinski definition) is 6. The average Bonchev–Trinajstić information content (AvgIpc) is 3.16. The van der Waals surface area contributed by atoms with Gasteiger partial charge in [0.1, 0.15) is 5.76 Å². The Kier molecular flexibility index (Phi) is 5.19. The van der Waals surface area contributed by atoms with Crippen LogP contribution in [-0.4, -0.2) is 38.2 Å². The molecule has 27 heavy (non-hydrogen) atoms. The Morgan fingerprint density at radius 3 is 2.74 bits per heavy atom. The van der Waals surface area contributed by atoms with Gasteiger partial charge in [0, 0.05) is 24.3 Å². The summed E-state index contributed by atoms with van der Waals surface area (Å²) in [4.78, 5) is 25.5. The molecule has 0 spiro atoms. The molecule has 0 bridgehead atoms. The summed E-state index contributed by atoms with van der Waals surface area (Å²) >= 11 is 0. The van der Waals surface area contributed by atoms with Gasteiger partial charge in [0.15, 0.2) is 28.7 Å². The third-order valence-electron chi connectivity index (χ3n) is 4.97. The van der Waals surface area contributed by atoms with E-state index in [4.69, 9.17) is 18.9 Å². The average molecular weight is 370 g/mol. The van der Waals surface area contributed by atoms with E-state index in [2.05, 4.69) is 6.58 Å². The van der Waals surface area contributed by atoms with Gasteiger partial charge in [0.25, 0.3) is 0 Å². The number of methoxy groups -OCH3 is 2. The highest BCUT2D eigenvalue weighted by Crippen LogP contribution is 2.40. The summed E-state index contributed by atoms with van der Waals surface area (Å²) < 4.78 is 21.9. The van der Waals surface area contributed by atoms with Crippen LogP contribution in [0.4, 0.5) is 0 Å². The third-order valence-corrected chi connectivity index (χ3v) is 4.97. The molecule has 142 valence electrons. The van der Waals surface area contributed by atoms with E-state index in [9.17, 15) is 9.59 Å². The van der Waals surface area contributed by atoms with E-state index in [1.807, 2.05) is 0 Å². The molecule has 1 aromatic rings. The highest BCUT2D eigenvalue weighted by atomic mass is 16.7. The van der Waals surface area contributed by atoms with Crippen LogP contribution < -0.4 is 9.47 Å². The molecule has 0 aromatic heterocycles. The fourth-order valence-corrected chi connectivity index (χ4v) is 3.43. The van der Waals surface area contributed by atoms with Gasteiger partial charge < -0.3 is 18.9 Å². The van der Waals surface area contributed by atoms with Crippen molar-refractivity contribution in [3.05, 3.63) is 59.9 Å². The monoisotopic (exact) mass is 370 g/mol. The van der Waals surface area contributed by atoms with E-state index in [0.717, 1.165) is 0 Å². The van der Waals surface area contributed by atoms with Crippen molar-refractivity contribution in [1.29, 1.82) is 0 Å². The summed E-state index contributed by atoms with van der Waals surface area (Å²) in [5.41, 5.74) is -0.207. The molecular weight excluding hydrogens is 348 g/mol. The molecule has 0 radical (unpaired) electrons. The Balaban J connectivity index is 2.01. The molecule has 3 rings (SSSR count). The molecule has 0 saturated heterocycles. The van der Waals surface area contributed by atoms with Crippen LogP contribution in [0.3, 0.4) is 0 Å². The number of rotatable bonds is 7. The normalized spacial score (nSPS) is 22.0. The lowest BCUT2D eigenvalue weighted by atomic mass is 9.76. The van der Waals surface area contributed by atoms with Gasteiger partial charge in [-0.2, -0.15) is 0 Å². The molecule has 2 atom stereocenters. The summed E-state index contributed by atoms with van der Waals surface area (Å²) in [6.45, 7) is 5.57. The Bertz CT molecular complexity index is 850.